The Balaban J connectivity index is 1.75. The summed E-state index contributed by atoms with van der Waals surface area (Å²) in [4.78, 5) is 0. The highest BCUT2D eigenvalue weighted by Crippen LogP contribution is 2.58. The van der Waals surface area contributed by atoms with Crippen molar-refractivity contribution in [2.24, 2.45) is 5.92 Å². The minimum atomic E-state index is -0.738. The fraction of sp³-hybridized carbons (Fsp3) is 0.867. The van der Waals surface area contributed by atoms with Gasteiger partial charge < -0.3 is 19.7 Å². The van der Waals surface area contributed by atoms with Crippen LogP contribution < -0.4 is 0 Å². The SMILES string of the molecule is CC(C)=CCC1OC1(C)C1C(O)C(O)CCC12CO2. The van der Waals surface area contributed by atoms with E-state index in [4.69, 9.17) is 9.47 Å². The molecule has 2 N–H and O–H groups in total. The third kappa shape index (κ3) is 2.15. The minimum absolute atomic E-state index is 0.112. The molecule has 2 aliphatic heterocycles. The average Bonchev–Trinajstić information content (AvgIpc) is 3.22. The van der Waals surface area contributed by atoms with Crippen molar-refractivity contribution >= 4 is 0 Å². The van der Waals surface area contributed by atoms with Crippen LogP contribution in [-0.4, -0.2) is 46.3 Å². The lowest BCUT2D eigenvalue weighted by Gasteiger charge is -2.39. The van der Waals surface area contributed by atoms with Gasteiger partial charge in [0.05, 0.1) is 36.4 Å². The smallest absolute Gasteiger partial charge is 0.101 e. The molecule has 0 aromatic carbocycles. The Morgan fingerprint density at radius 1 is 1.37 bits per heavy atom. The summed E-state index contributed by atoms with van der Waals surface area (Å²) in [6.45, 7) is 6.89. The summed E-state index contributed by atoms with van der Waals surface area (Å²) >= 11 is 0. The molecule has 1 saturated carbocycles. The van der Waals surface area contributed by atoms with Gasteiger partial charge in [0.2, 0.25) is 0 Å². The van der Waals surface area contributed by atoms with Crippen LogP contribution >= 0.6 is 0 Å². The van der Waals surface area contributed by atoms with E-state index in [-0.39, 0.29) is 23.2 Å². The van der Waals surface area contributed by atoms with E-state index in [1.165, 1.54) is 5.57 Å². The van der Waals surface area contributed by atoms with Crippen molar-refractivity contribution < 1.29 is 19.7 Å². The average molecular weight is 268 g/mol. The number of aliphatic hydroxyl groups excluding tert-OH is 2. The van der Waals surface area contributed by atoms with E-state index in [0.29, 0.717) is 13.0 Å². The van der Waals surface area contributed by atoms with Crippen LogP contribution in [0.2, 0.25) is 0 Å². The zero-order chi connectivity index (χ0) is 13.8. The van der Waals surface area contributed by atoms with Crippen LogP contribution in [-0.2, 0) is 9.47 Å². The monoisotopic (exact) mass is 268 g/mol. The molecular weight excluding hydrogens is 244 g/mol. The zero-order valence-corrected chi connectivity index (χ0v) is 11.9. The van der Waals surface area contributed by atoms with Crippen molar-refractivity contribution in [3.63, 3.8) is 0 Å². The fourth-order valence-corrected chi connectivity index (χ4v) is 3.70. The highest BCUT2D eigenvalue weighted by Gasteiger charge is 2.71. The van der Waals surface area contributed by atoms with E-state index < -0.39 is 12.2 Å². The van der Waals surface area contributed by atoms with E-state index >= 15 is 0 Å². The molecule has 0 aromatic rings. The molecule has 108 valence electrons. The van der Waals surface area contributed by atoms with E-state index in [2.05, 4.69) is 19.9 Å². The summed E-state index contributed by atoms with van der Waals surface area (Å²) in [6, 6.07) is 0. The maximum Gasteiger partial charge on any atom is 0.101 e. The van der Waals surface area contributed by atoms with Crippen LogP contribution in [0.1, 0.15) is 40.0 Å². The molecule has 2 heterocycles. The van der Waals surface area contributed by atoms with Crippen LogP contribution in [0.25, 0.3) is 0 Å². The van der Waals surface area contributed by atoms with Crippen molar-refractivity contribution in [3.05, 3.63) is 11.6 Å². The van der Waals surface area contributed by atoms with E-state index in [1.54, 1.807) is 0 Å². The molecule has 4 nitrogen and oxygen atoms in total. The lowest BCUT2D eigenvalue weighted by atomic mass is 9.68. The Bertz CT molecular complexity index is 397. The van der Waals surface area contributed by atoms with Gasteiger partial charge in [0, 0.05) is 0 Å². The summed E-state index contributed by atoms with van der Waals surface area (Å²) < 4.78 is 11.5. The number of rotatable bonds is 3. The highest BCUT2D eigenvalue weighted by atomic mass is 16.6. The molecule has 1 aliphatic carbocycles. The summed E-state index contributed by atoms with van der Waals surface area (Å²) in [5, 5.41) is 20.3. The molecule has 1 spiro atoms. The second-order valence-corrected chi connectivity index (χ2v) is 6.74. The van der Waals surface area contributed by atoms with Crippen LogP contribution in [0, 0.1) is 5.92 Å². The molecule has 3 aliphatic rings. The van der Waals surface area contributed by atoms with E-state index in [0.717, 1.165) is 12.8 Å². The highest BCUT2D eigenvalue weighted by molar-refractivity contribution is 5.20. The first-order chi connectivity index (χ1) is 8.89. The third-order valence-electron chi connectivity index (χ3n) is 5.02. The van der Waals surface area contributed by atoms with Gasteiger partial charge in [-0.3, -0.25) is 0 Å². The first-order valence-electron chi connectivity index (χ1n) is 7.20. The van der Waals surface area contributed by atoms with Gasteiger partial charge in [0.1, 0.15) is 5.60 Å². The Labute approximate surface area is 114 Å². The maximum absolute atomic E-state index is 10.4. The van der Waals surface area contributed by atoms with E-state index in [9.17, 15) is 10.2 Å². The first kappa shape index (κ1) is 13.6. The van der Waals surface area contributed by atoms with Crippen LogP contribution in [0.4, 0.5) is 0 Å². The minimum Gasteiger partial charge on any atom is -0.390 e. The molecule has 0 amide bonds. The molecule has 19 heavy (non-hydrogen) atoms. The van der Waals surface area contributed by atoms with Gasteiger partial charge in [0.25, 0.3) is 0 Å². The molecule has 3 rings (SSSR count). The van der Waals surface area contributed by atoms with Crippen molar-refractivity contribution in [3.8, 4) is 0 Å². The summed E-state index contributed by atoms with van der Waals surface area (Å²) in [7, 11) is 0. The molecule has 6 unspecified atom stereocenters. The molecule has 0 radical (unpaired) electrons. The molecule has 0 aromatic heterocycles. The quantitative estimate of drug-likeness (QED) is 0.600. The van der Waals surface area contributed by atoms with Gasteiger partial charge in [0.15, 0.2) is 0 Å². The molecule has 3 fully saturated rings. The van der Waals surface area contributed by atoms with Gasteiger partial charge in [-0.05, 0) is 40.0 Å². The van der Waals surface area contributed by atoms with E-state index in [1.807, 2.05) is 6.92 Å². The predicted octanol–water partition coefficient (Wildman–Crippen LogP) is 1.40. The summed E-state index contributed by atoms with van der Waals surface area (Å²) in [5.74, 6) is -0.112. The van der Waals surface area contributed by atoms with Gasteiger partial charge in [-0.1, -0.05) is 11.6 Å². The molecule has 2 saturated heterocycles. The lowest BCUT2D eigenvalue weighted by molar-refractivity contribution is -0.0976. The van der Waals surface area contributed by atoms with Crippen LogP contribution in [0.5, 0.6) is 0 Å². The summed E-state index contributed by atoms with van der Waals surface area (Å²) in [5.41, 5.74) is 0.676. The van der Waals surface area contributed by atoms with Gasteiger partial charge in [-0.2, -0.15) is 0 Å². The maximum atomic E-state index is 10.4. The molecule has 0 bridgehead atoms. The van der Waals surface area contributed by atoms with Crippen molar-refractivity contribution in [2.75, 3.05) is 6.61 Å². The number of hydrogen-bond acceptors (Lipinski definition) is 4. The predicted molar refractivity (Wildman–Crippen MR) is 70.7 cm³/mol. The fourth-order valence-electron chi connectivity index (χ4n) is 3.70. The number of aliphatic hydroxyl groups is 2. The molecular formula is C15H24O4. The molecule has 4 heteroatoms. The van der Waals surface area contributed by atoms with Crippen molar-refractivity contribution in [1.82, 2.24) is 0 Å². The third-order valence-corrected chi connectivity index (χ3v) is 5.02. The van der Waals surface area contributed by atoms with Crippen molar-refractivity contribution in [2.45, 2.75) is 69.5 Å². The van der Waals surface area contributed by atoms with Crippen LogP contribution in [0.15, 0.2) is 11.6 Å². The number of epoxide rings is 2. The normalized spacial score (nSPS) is 52.1. The topological polar surface area (TPSA) is 65.5 Å². The van der Waals surface area contributed by atoms with Crippen molar-refractivity contribution in [1.29, 1.82) is 0 Å². The standard InChI is InChI=1S/C15H24O4/c1-9(2)4-5-11-14(3,19-11)13-12(17)10(16)6-7-15(13)8-18-15/h4,10-13,16-17H,5-8H2,1-3H3. The second kappa shape index (κ2) is 4.29. The van der Waals surface area contributed by atoms with Gasteiger partial charge in [-0.25, -0.2) is 0 Å². The Morgan fingerprint density at radius 3 is 2.63 bits per heavy atom. The van der Waals surface area contributed by atoms with Gasteiger partial charge >= 0.3 is 0 Å². The first-order valence-corrected chi connectivity index (χ1v) is 7.20. The number of hydrogen-bond donors (Lipinski definition) is 2. The second-order valence-electron chi connectivity index (χ2n) is 6.74. The Morgan fingerprint density at radius 2 is 2.05 bits per heavy atom. The number of allylic oxidation sites excluding steroid dienone is 1. The van der Waals surface area contributed by atoms with Crippen LogP contribution in [0.3, 0.4) is 0 Å². The Hall–Kier alpha value is -0.420. The molecule has 6 atom stereocenters. The van der Waals surface area contributed by atoms with Gasteiger partial charge in [-0.15, -0.1) is 0 Å². The Kier molecular flexibility index (Phi) is 3.06. The lowest BCUT2D eigenvalue weighted by Crippen LogP contribution is -2.53. The number of ether oxygens (including phenoxy) is 2. The zero-order valence-electron chi connectivity index (χ0n) is 11.9. The summed E-state index contributed by atoms with van der Waals surface area (Å²) in [6.07, 6.45) is 3.23. The largest absolute Gasteiger partial charge is 0.390 e.